The van der Waals surface area contributed by atoms with E-state index in [0.717, 1.165) is 24.8 Å². The van der Waals surface area contributed by atoms with Crippen molar-refractivity contribution in [2.24, 2.45) is 0 Å². The minimum Gasteiger partial charge on any atom is -0.427 e. The Hall–Kier alpha value is -2.43. The Morgan fingerprint density at radius 1 is 1.33 bits per heavy atom. The monoisotopic (exact) mass is 329 g/mol. The Kier molecular flexibility index (Phi) is 4.79. The molecule has 1 aliphatic rings. The van der Waals surface area contributed by atoms with Crippen LogP contribution in [0.3, 0.4) is 0 Å². The maximum atomic E-state index is 13.1. The molecular weight excluding hydrogens is 309 g/mol. The molecule has 126 valence electrons. The van der Waals surface area contributed by atoms with E-state index in [1.165, 1.54) is 12.1 Å². The normalized spacial score (nSPS) is 14.2. The summed E-state index contributed by atoms with van der Waals surface area (Å²) >= 11 is 0. The quantitative estimate of drug-likeness (QED) is 0.915. The zero-order chi connectivity index (χ0) is 17.1. The molecule has 5 heteroatoms. The van der Waals surface area contributed by atoms with Gasteiger partial charge in [0, 0.05) is 12.5 Å². The number of rotatable bonds is 5. The van der Waals surface area contributed by atoms with Crippen LogP contribution in [0.5, 0.6) is 0 Å². The summed E-state index contributed by atoms with van der Waals surface area (Å²) in [5, 5.41) is 2.70. The van der Waals surface area contributed by atoms with Crippen LogP contribution in [-0.4, -0.2) is 12.5 Å². The van der Waals surface area contributed by atoms with E-state index in [-0.39, 0.29) is 11.4 Å². The van der Waals surface area contributed by atoms with Gasteiger partial charge < -0.3 is 9.73 Å². The van der Waals surface area contributed by atoms with Gasteiger partial charge in [0.1, 0.15) is 17.1 Å². The van der Waals surface area contributed by atoms with E-state index >= 15 is 0 Å². The van der Waals surface area contributed by atoms with E-state index in [1.807, 2.05) is 0 Å². The Morgan fingerprint density at radius 3 is 2.75 bits per heavy atom. The number of aryl methyl sites for hydroxylation is 1. The van der Waals surface area contributed by atoms with Crippen LogP contribution < -0.4 is 10.9 Å². The molecular formula is C19H20FNO3. The highest BCUT2D eigenvalue weighted by molar-refractivity contribution is 5.95. The van der Waals surface area contributed by atoms with E-state index in [0.29, 0.717) is 30.2 Å². The van der Waals surface area contributed by atoms with Gasteiger partial charge in [0.05, 0.1) is 0 Å². The first-order valence-electron chi connectivity index (χ1n) is 8.22. The summed E-state index contributed by atoms with van der Waals surface area (Å²) in [7, 11) is 0. The van der Waals surface area contributed by atoms with Gasteiger partial charge in [-0.25, -0.2) is 9.18 Å². The van der Waals surface area contributed by atoms with Gasteiger partial charge >= 0.3 is 5.63 Å². The summed E-state index contributed by atoms with van der Waals surface area (Å²) in [5.41, 5.74) is 0.897. The van der Waals surface area contributed by atoms with Gasteiger partial charge in [0.15, 0.2) is 0 Å². The first-order valence-corrected chi connectivity index (χ1v) is 8.22. The van der Waals surface area contributed by atoms with Crippen LogP contribution in [0.1, 0.15) is 52.4 Å². The third-order valence-electron chi connectivity index (χ3n) is 4.49. The molecule has 0 radical (unpaired) electrons. The fourth-order valence-corrected chi connectivity index (χ4v) is 2.90. The number of carbonyl (C=O) groups excluding carboxylic acids is 1. The average molecular weight is 329 g/mol. The molecule has 1 fully saturated rings. The third kappa shape index (κ3) is 3.55. The van der Waals surface area contributed by atoms with Crippen molar-refractivity contribution in [2.45, 2.75) is 38.5 Å². The smallest absolute Gasteiger partial charge is 0.349 e. The molecule has 3 rings (SSSR count). The molecule has 1 aliphatic carbocycles. The second-order valence-corrected chi connectivity index (χ2v) is 6.26. The summed E-state index contributed by atoms with van der Waals surface area (Å²) < 4.78 is 18.4. The van der Waals surface area contributed by atoms with Crippen molar-refractivity contribution < 1.29 is 13.6 Å². The Morgan fingerprint density at radius 2 is 2.12 bits per heavy atom. The Labute approximate surface area is 139 Å². The van der Waals surface area contributed by atoms with Gasteiger partial charge in [-0.15, -0.1) is 0 Å². The van der Waals surface area contributed by atoms with Crippen LogP contribution in [0.15, 0.2) is 39.5 Å². The lowest BCUT2D eigenvalue weighted by Gasteiger charge is -2.24. The number of nitrogens with one attached hydrogen (secondary N) is 1. The van der Waals surface area contributed by atoms with Crippen molar-refractivity contribution in [2.75, 3.05) is 6.54 Å². The molecule has 1 amide bonds. The van der Waals surface area contributed by atoms with Crippen molar-refractivity contribution in [3.05, 3.63) is 69.0 Å². The summed E-state index contributed by atoms with van der Waals surface area (Å²) in [5.74, 6) is 0.237. The molecule has 1 aromatic heterocycles. The van der Waals surface area contributed by atoms with Crippen LogP contribution in [0.25, 0.3) is 0 Å². The van der Waals surface area contributed by atoms with Crippen LogP contribution in [0, 0.1) is 12.7 Å². The lowest BCUT2D eigenvalue weighted by molar-refractivity contribution is 0.0948. The van der Waals surface area contributed by atoms with Gasteiger partial charge in [-0.3, -0.25) is 4.79 Å². The Bertz CT molecular complexity index is 808. The highest BCUT2D eigenvalue weighted by atomic mass is 19.1. The largest absolute Gasteiger partial charge is 0.427 e. The number of amides is 1. The van der Waals surface area contributed by atoms with E-state index in [9.17, 15) is 14.0 Å². The molecule has 2 aromatic rings. The molecule has 0 spiro atoms. The first kappa shape index (κ1) is 16.4. The molecule has 0 saturated heterocycles. The van der Waals surface area contributed by atoms with Crippen LogP contribution in [-0.2, 0) is 6.42 Å². The van der Waals surface area contributed by atoms with E-state index < -0.39 is 11.5 Å². The fraction of sp³-hybridized carbons (Fsp3) is 0.368. The van der Waals surface area contributed by atoms with Gasteiger partial charge in [-0.05, 0) is 55.5 Å². The van der Waals surface area contributed by atoms with E-state index in [2.05, 4.69) is 5.32 Å². The number of benzene rings is 1. The Balaban J connectivity index is 1.65. The maximum Gasteiger partial charge on any atom is 0.349 e. The third-order valence-corrected chi connectivity index (χ3v) is 4.49. The molecule has 4 nitrogen and oxygen atoms in total. The van der Waals surface area contributed by atoms with E-state index in [4.69, 9.17) is 4.42 Å². The van der Waals surface area contributed by atoms with Crippen LogP contribution in [0.4, 0.5) is 4.39 Å². The fourth-order valence-electron chi connectivity index (χ4n) is 2.90. The van der Waals surface area contributed by atoms with Crippen molar-refractivity contribution >= 4 is 5.91 Å². The van der Waals surface area contributed by atoms with Crippen molar-refractivity contribution in [3.63, 3.8) is 0 Å². The average Bonchev–Trinajstić information content (AvgIpc) is 2.44. The lowest BCUT2D eigenvalue weighted by atomic mass is 9.83. The zero-order valence-corrected chi connectivity index (χ0v) is 13.6. The summed E-state index contributed by atoms with van der Waals surface area (Å²) in [6.07, 6.45) is 3.70. The lowest BCUT2D eigenvalue weighted by Crippen LogP contribution is -2.31. The molecule has 24 heavy (non-hydrogen) atoms. The predicted molar refractivity (Wildman–Crippen MR) is 88.7 cm³/mol. The maximum absolute atomic E-state index is 13.1. The van der Waals surface area contributed by atoms with Crippen LogP contribution >= 0.6 is 0 Å². The zero-order valence-electron chi connectivity index (χ0n) is 13.6. The number of hydrogen-bond donors (Lipinski definition) is 1. The van der Waals surface area contributed by atoms with Crippen molar-refractivity contribution in [1.82, 2.24) is 5.32 Å². The minimum atomic E-state index is -0.583. The number of hydrogen-bond acceptors (Lipinski definition) is 3. The van der Waals surface area contributed by atoms with Crippen molar-refractivity contribution in [3.8, 4) is 0 Å². The summed E-state index contributed by atoms with van der Waals surface area (Å²) in [4.78, 5) is 24.4. The standard InChI is InChI=1S/C19H20FNO3/c1-12-10-16(14-5-3-6-14)24-19(23)17(12)18(22)21-9-8-13-4-2-7-15(20)11-13/h2,4,7,10-11,14H,3,5-6,8-9H2,1H3,(H,21,22). The molecule has 1 N–H and O–H groups in total. The predicted octanol–water partition coefficient (Wildman–Crippen LogP) is 3.33. The molecule has 0 unspecified atom stereocenters. The molecule has 0 aliphatic heterocycles. The van der Waals surface area contributed by atoms with Crippen molar-refractivity contribution in [1.29, 1.82) is 0 Å². The van der Waals surface area contributed by atoms with Gasteiger partial charge in [0.25, 0.3) is 5.91 Å². The molecule has 1 saturated carbocycles. The molecule has 0 atom stereocenters. The summed E-state index contributed by atoms with van der Waals surface area (Å²) in [6, 6.07) is 8.03. The highest BCUT2D eigenvalue weighted by Gasteiger charge is 2.25. The highest BCUT2D eigenvalue weighted by Crippen LogP contribution is 2.36. The van der Waals surface area contributed by atoms with Gasteiger partial charge in [0.2, 0.25) is 0 Å². The number of halogens is 1. The second kappa shape index (κ2) is 6.99. The first-order chi connectivity index (χ1) is 11.5. The van der Waals surface area contributed by atoms with Gasteiger partial charge in [-0.1, -0.05) is 18.6 Å². The van der Waals surface area contributed by atoms with Crippen LogP contribution in [0.2, 0.25) is 0 Å². The minimum absolute atomic E-state index is 0.0531. The topological polar surface area (TPSA) is 59.3 Å². The molecule has 1 heterocycles. The SMILES string of the molecule is Cc1cc(C2CCC2)oc(=O)c1C(=O)NCCc1cccc(F)c1. The van der Waals surface area contributed by atoms with Gasteiger partial charge in [-0.2, -0.15) is 0 Å². The number of carbonyl (C=O) groups is 1. The van der Waals surface area contributed by atoms with E-state index in [1.54, 1.807) is 25.1 Å². The summed E-state index contributed by atoms with van der Waals surface area (Å²) in [6.45, 7) is 2.08. The second-order valence-electron chi connectivity index (χ2n) is 6.26. The molecule has 1 aromatic carbocycles. The molecule has 0 bridgehead atoms.